The first-order chi connectivity index (χ1) is 13.0. The third-order valence-electron chi connectivity index (χ3n) is 3.80. The van der Waals surface area contributed by atoms with Gasteiger partial charge in [-0.25, -0.2) is 9.78 Å². The molecule has 0 aliphatic carbocycles. The summed E-state index contributed by atoms with van der Waals surface area (Å²) in [7, 11) is 3.05. The van der Waals surface area contributed by atoms with Crippen molar-refractivity contribution in [2.24, 2.45) is 0 Å². The van der Waals surface area contributed by atoms with E-state index in [2.05, 4.69) is 10.3 Å². The zero-order chi connectivity index (χ0) is 19.6. The second-order valence-corrected chi connectivity index (χ2v) is 7.45. The second kappa shape index (κ2) is 7.93. The fourth-order valence-electron chi connectivity index (χ4n) is 2.48. The van der Waals surface area contributed by atoms with Crippen LogP contribution in [0.3, 0.4) is 0 Å². The van der Waals surface area contributed by atoms with Crippen LogP contribution in [0.25, 0.3) is 9.53 Å². The molecule has 0 spiro atoms. The first kappa shape index (κ1) is 19.1. The van der Waals surface area contributed by atoms with E-state index in [4.69, 9.17) is 14.2 Å². The number of thiazole rings is 1. The van der Waals surface area contributed by atoms with Crippen LogP contribution >= 0.6 is 22.7 Å². The van der Waals surface area contributed by atoms with Gasteiger partial charge in [-0.3, -0.25) is 10.1 Å². The number of methoxy groups -OCH3 is 2. The van der Waals surface area contributed by atoms with E-state index in [1.807, 2.05) is 6.92 Å². The molecule has 0 aliphatic rings. The van der Waals surface area contributed by atoms with Crippen LogP contribution in [0.2, 0.25) is 0 Å². The molecule has 0 fully saturated rings. The Labute approximate surface area is 163 Å². The fraction of sp³-hybridized carbons (Fsp3) is 0.278. The number of thiophene rings is 1. The van der Waals surface area contributed by atoms with Crippen molar-refractivity contribution in [3.8, 4) is 11.5 Å². The van der Waals surface area contributed by atoms with Gasteiger partial charge in [-0.05, 0) is 37.6 Å². The van der Waals surface area contributed by atoms with Gasteiger partial charge in [-0.2, -0.15) is 0 Å². The van der Waals surface area contributed by atoms with E-state index in [0.29, 0.717) is 38.5 Å². The number of ether oxygens (including phenoxy) is 3. The molecule has 1 N–H and O–H groups in total. The van der Waals surface area contributed by atoms with Crippen molar-refractivity contribution in [3.05, 3.63) is 34.2 Å². The van der Waals surface area contributed by atoms with Crippen molar-refractivity contribution in [1.29, 1.82) is 0 Å². The Bertz CT molecular complexity index is 1010. The number of esters is 1. The average Bonchev–Trinajstić information content (AvgIpc) is 3.19. The lowest BCUT2D eigenvalue weighted by Gasteiger charge is -2.09. The van der Waals surface area contributed by atoms with Crippen molar-refractivity contribution in [3.63, 3.8) is 0 Å². The van der Waals surface area contributed by atoms with Crippen LogP contribution in [0.15, 0.2) is 18.2 Å². The van der Waals surface area contributed by atoms with Gasteiger partial charge in [0.25, 0.3) is 5.91 Å². The number of fused-ring (bicyclic) bond motifs is 1. The Balaban J connectivity index is 1.82. The molecular weight excluding hydrogens is 388 g/mol. The summed E-state index contributed by atoms with van der Waals surface area (Å²) < 4.78 is 16.3. The number of nitrogens with zero attached hydrogens (tertiary/aromatic N) is 1. The van der Waals surface area contributed by atoms with Gasteiger partial charge in [0, 0.05) is 5.56 Å². The van der Waals surface area contributed by atoms with Crippen LogP contribution in [0.5, 0.6) is 11.5 Å². The molecule has 142 valence electrons. The second-order valence-electron chi connectivity index (χ2n) is 5.45. The van der Waals surface area contributed by atoms with E-state index in [0.717, 1.165) is 10.3 Å². The minimum atomic E-state index is -0.346. The summed E-state index contributed by atoms with van der Waals surface area (Å²) in [5.41, 5.74) is 1.24. The fourth-order valence-corrected chi connectivity index (χ4v) is 4.69. The summed E-state index contributed by atoms with van der Waals surface area (Å²) in [6.45, 7) is 3.94. The van der Waals surface area contributed by atoms with Gasteiger partial charge in [0.15, 0.2) is 16.6 Å². The number of aromatic nitrogens is 1. The number of rotatable bonds is 6. The summed E-state index contributed by atoms with van der Waals surface area (Å²) >= 11 is 2.59. The molecule has 0 atom stereocenters. The number of carbonyl (C=O) groups is 2. The Kier molecular flexibility index (Phi) is 5.62. The highest BCUT2D eigenvalue weighted by Gasteiger charge is 2.21. The Morgan fingerprint density at radius 1 is 1.15 bits per heavy atom. The summed E-state index contributed by atoms with van der Waals surface area (Å²) in [4.78, 5) is 30.1. The molecule has 0 aliphatic heterocycles. The van der Waals surface area contributed by atoms with Gasteiger partial charge >= 0.3 is 5.97 Å². The molecule has 0 saturated heterocycles. The van der Waals surface area contributed by atoms with Crippen molar-refractivity contribution >= 4 is 49.2 Å². The molecule has 0 saturated carbocycles. The molecule has 27 heavy (non-hydrogen) atoms. The zero-order valence-corrected chi connectivity index (χ0v) is 16.9. The van der Waals surface area contributed by atoms with Crippen LogP contribution in [-0.4, -0.2) is 37.7 Å². The number of amides is 1. The van der Waals surface area contributed by atoms with Gasteiger partial charge in [0.05, 0.1) is 25.5 Å². The summed E-state index contributed by atoms with van der Waals surface area (Å²) in [5, 5.41) is 3.25. The maximum absolute atomic E-state index is 12.5. The Morgan fingerprint density at radius 3 is 2.52 bits per heavy atom. The number of hydrogen-bond acceptors (Lipinski definition) is 8. The lowest BCUT2D eigenvalue weighted by molar-refractivity contribution is 0.0531. The molecule has 0 bridgehead atoms. The van der Waals surface area contributed by atoms with Gasteiger partial charge in [0.1, 0.15) is 9.71 Å². The smallest absolute Gasteiger partial charge is 0.348 e. The molecule has 0 unspecified atom stereocenters. The van der Waals surface area contributed by atoms with E-state index >= 15 is 0 Å². The van der Waals surface area contributed by atoms with E-state index < -0.39 is 0 Å². The predicted molar refractivity (Wildman–Crippen MR) is 106 cm³/mol. The van der Waals surface area contributed by atoms with Gasteiger partial charge < -0.3 is 14.2 Å². The van der Waals surface area contributed by atoms with Gasteiger partial charge in [-0.1, -0.05) is 11.3 Å². The van der Waals surface area contributed by atoms with Crippen molar-refractivity contribution < 1.29 is 23.8 Å². The molecule has 3 rings (SSSR count). The van der Waals surface area contributed by atoms with Gasteiger partial charge in [0.2, 0.25) is 0 Å². The molecule has 9 heteroatoms. The third kappa shape index (κ3) is 3.74. The van der Waals surface area contributed by atoms with Crippen molar-refractivity contribution in [2.75, 3.05) is 26.1 Å². The van der Waals surface area contributed by atoms with Gasteiger partial charge in [-0.15, -0.1) is 11.3 Å². The molecule has 0 radical (unpaired) electrons. The van der Waals surface area contributed by atoms with E-state index in [-0.39, 0.29) is 11.9 Å². The highest BCUT2D eigenvalue weighted by molar-refractivity contribution is 7.30. The maximum Gasteiger partial charge on any atom is 0.348 e. The number of aryl methyl sites for hydroxylation is 1. The third-order valence-corrected chi connectivity index (χ3v) is 6.19. The number of nitrogens with one attached hydrogen (secondary N) is 1. The van der Waals surface area contributed by atoms with Crippen LogP contribution in [0, 0.1) is 6.92 Å². The summed E-state index contributed by atoms with van der Waals surface area (Å²) in [6, 6.07) is 4.93. The Hall–Kier alpha value is -2.65. The number of carbonyl (C=O) groups excluding carboxylic acids is 2. The molecule has 7 nitrogen and oxygen atoms in total. The normalized spacial score (nSPS) is 10.7. The molecule has 3 aromatic rings. The average molecular weight is 406 g/mol. The van der Waals surface area contributed by atoms with Crippen LogP contribution < -0.4 is 14.8 Å². The van der Waals surface area contributed by atoms with E-state index in [9.17, 15) is 9.59 Å². The molecule has 2 heterocycles. The number of hydrogen-bond donors (Lipinski definition) is 1. The summed E-state index contributed by atoms with van der Waals surface area (Å²) in [6.07, 6.45) is 0. The number of benzene rings is 1. The maximum atomic E-state index is 12.5. The molecule has 1 amide bonds. The lowest BCUT2D eigenvalue weighted by Crippen LogP contribution is -2.11. The van der Waals surface area contributed by atoms with Crippen molar-refractivity contribution in [2.45, 2.75) is 13.8 Å². The molecular formula is C18H18N2O5S2. The first-order valence-electron chi connectivity index (χ1n) is 8.08. The van der Waals surface area contributed by atoms with Crippen LogP contribution in [0.4, 0.5) is 5.13 Å². The van der Waals surface area contributed by atoms with Crippen LogP contribution in [-0.2, 0) is 4.74 Å². The van der Waals surface area contributed by atoms with Crippen molar-refractivity contribution in [1.82, 2.24) is 4.98 Å². The highest BCUT2D eigenvalue weighted by Crippen LogP contribution is 2.37. The SMILES string of the molecule is CCOC(=O)c1sc2nc(NC(=O)c3ccc(OC)c(OC)c3)sc2c1C. The predicted octanol–water partition coefficient (Wildman–Crippen LogP) is 4.11. The number of anilines is 1. The highest BCUT2D eigenvalue weighted by atomic mass is 32.1. The quantitative estimate of drug-likeness (QED) is 0.620. The largest absolute Gasteiger partial charge is 0.493 e. The van der Waals surface area contributed by atoms with E-state index in [1.165, 1.54) is 36.9 Å². The monoisotopic (exact) mass is 406 g/mol. The van der Waals surface area contributed by atoms with Crippen LogP contribution in [0.1, 0.15) is 32.5 Å². The summed E-state index contributed by atoms with van der Waals surface area (Å²) in [5.74, 6) is 0.368. The first-order valence-corrected chi connectivity index (χ1v) is 9.72. The zero-order valence-electron chi connectivity index (χ0n) is 15.2. The standard InChI is InChI=1S/C18H18N2O5S2/c1-5-25-17(22)14-9(2)13-16(26-14)20-18(27-13)19-15(21)10-6-7-11(23-3)12(8-10)24-4/h6-8H,5H2,1-4H3,(H,19,20,21). The van der Waals surface area contributed by atoms with E-state index in [1.54, 1.807) is 25.1 Å². The minimum Gasteiger partial charge on any atom is -0.493 e. The lowest BCUT2D eigenvalue weighted by atomic mass is 10.2. The molecule has 2 aromatic heterocycles. The topological polar surface area (TPSA) is 86.8 Å². The molecule has 1 aromatic carbocycles. The Morgan fingerprint density at radius 2 is 1.89 bits per heavy atom. The minimum absolute atomic E-state index is 0.305.